The van der Waals surface area contributed by atoms with Crippen molar-refractivity contribution in [2.45, 2.75) is 39.2 Å². The van der Waals surface area contributed by atoms with E-state index in [-0.39, 0.29) is 11.8 Å². The number of carbonyl (C=O) groups excluding carboxylic acids is 1. The van der Waals surface area contributed by atoms with Crippen molar-refractivity contribution in [2.75, 3.05) is 12.4 Å². The van der Waals surface area contributed by atoms with Crippen LogP contribution in [0.25, 0.3) is 0 Å². The zero-order valence-electron chi connectivity index (χ0n) is 11.3. The number of rotatable bonds is 5. The summed E-state index contributed by atoms with van der Waals surface area (Å²) >= 11 is 0. The first kappa shape index (κ1) is 14.5. The van der Waals surface area contributed by atoms with Crippen molar-refractivity contribution in [3.05, 3.63) is 29.6 Å². The third-order valence-corrected chi connectivity index (χ3v) is 3.21. The van der Waals surface area contributed by atoms with Gasteiger partial charge in [-0.2, -0.15) is 0 Å². The van der Waals surface area contributed by atoms with Crippen LogP contribution in [0.1, 0.15) is 32.3 Å². The number of aryl methyl sites for hydroxylation is 1. The third kappa shape index (κ3) is 3.00. The van der Waals surface area contributed by atoms with Crippen LogP contribution in [-0.4, -0.2) is 18.6 Å². The smallest absolute Gasteiger partial charge is 0.331 e. The Morgan fingerprint density at radius 1 is 1.33 bits per heavy atom. The molecule has 0 atom stereocenters. The highest BCUT2D eigenvalue weighted by Crippen LogP contribution is 2.25. The molecular weight excluding hydrogens is 233 g/mol. The molecule has 1 N–H and O–H groups in total. The maximum absolute atomic E-state index is 13.3. The van der Waals surface area contributed by atoms with Gasteiger partial charge in [-0.3, -0.25) is 0 Å². The normalized spacial score (nSPS) is 11.2. The fourth-order valence-electron chi connectivity index (χ4n) is 2.05. The molecule has 0 bridgehead atoms. The molecule has 0 aliphatic carbocycles. The Kier molecular flexibility index (Phi) is 4.70. The van der Waals surface area contributed by atoms with E-state index < -0.39 is 5.54 Å². The second-order valence-corrected chi connectivity index (χ2v) is 4.42. The number of hydrogen-bond acceptors (Lipinski definition) is 3. The Balaban J connectivity index is 3.06. The summed E-state index contributed by atoms with van der Waals surface area (Å²) in [7, 11) is 1.36. The molecule has 0 unspecified atom stereocenters. The van der Waals surface area contributed by atoms with Crippen molar-refractivity contribution < 1.29 is 13.9 Å². The fraction of sp³-hybridized carbons (Fsp3) is 0.500. The summed E-state index contributed by atoms with van der Waals surface area (Å²) in [6, 6.07) is 4.64. The highest BCUT2D eigenvalue weighted by Gasteiger charge is 2.35. The minimum Gasteiger partial charge on any atom is -0.467 e. The lowest BCUT2D eigenvalue weighted by Gasteiger charge is -2.31. The molecule has 0 aromatic heterocycles. The van der Waals surface area contributed by atoms with Gasteiger partial charge in [-0.25, -0.2) is 9.18 Å². The highest BCUT2D eigenvalue weighted by molar-refractivity contribution is 5.84. The monoisotopic (exact) mass is 253 g/mol. The summed E-state index contributed by atoms with van der Waals surface area (Å²) in [6.07, 6.45) is 1.15. The van der Waals surface area contributed by atoms with Crippen LogP contribution >= 0.6 is 0 Å². The molecule has 4 heteroatoms. The Bertz CT molecular complexity index is 408. The molecule has 0 fully saturated rings. The van der Waals surface area contributed by atoms with Crippen molar-refractivity contribution in [3.63, 3.8) is 0 Å². The van der Waals surface area contributed by atoms with Crippen LogP contribution in [0.3, 0.4) is 0 Å². The van der Waals surface area contributed by atoms with Crippen molar-refractivity contribution in [1.82, 2.24) is 0 Å². The summed E-state index contributed by atoms with van der Waals surface area (Å²) in [5.74, 6) is -0.641. The lowest BCUT2D eigenvalue weighted by molar-refractivity contribution is -0.146. The molecule has 1 aromatic rings. The SMILES string of the molecule is CCC(CC)(Nc1cc(C)cc(F)c1)C(=O)OC. The van der Waals surface area contributed by atoms with Crippen molar-refractivity contribution >= 4 is 11.7 Å². The number of benzene rings is 1. The molecule has 0 amide bonds. The second-order valence-electron chi connectivity index (χ2n) is 4.42. The Hall–Kier alpha value is -1.58. The molecule has 18 heavy (non-hydrogen) atoms. The fourth-order valence-corrected chi connectivity index (χ4v) is 2.05. The minimum absolute atomic E-state index is 0.316. The third-order valence-electron chi connectivity index (χ3n) is 3.21. The summed E-state index contributed by atoms with van der Waals surface area (Å²) in [5.41, 5.74) is 0.611. The molecule has 0 spiro atoms. The molecular formula is C14H20FNO2. The molecule has 0 saturated carbocycles. The number of anilines is 1. The van der Waals surface area contributed by atoms with Crippen LogP contribution in [0.2, 0.25) is 0 Å². The van der Waals surface area contributed by atoms with E-state index in [2.05, 4.69) is 5.32 Å². The van der Waals surface area contributed by atoms with Crippen LogP contribution in [0.5, 0.6) is 0 Å². The highest BCUT2D eigenvalue weighted by atomic mass is 19.1. The zero-order chi connectivity index (χ0) is 13.8. The summed E-state index contributed by atoms with van der Waals surface area (Å²) < 4.78 is 18.2. The molecule has 0 saturated heterocycles. The lowest BCUT2D eigenvalue weighted by atomic mass is 9.92. The van der Waals surface area contributed by atoms with Gasteiger partial charge in [-0.15, -0.1) is 0 Å². The van der Waals surface area contributed by atoms with E-state index in [1.165, 1.54) is 19.2 Å². The van der Waals surface area contributed by atoms with Crippen LogP contribution in [-0.2, 0) is 9.53 Å². The number of esters is 1. The molecule has 0 aliphatic heterocycles. The van der Waals surface area contributed by atoms with Crippen LogP contribution < -0.4 is 5.32 Å². The van der Waals surface area contributed by atoms with Gasteiger partial charge in [0, 0.05) is 5.69 Å². The maximum atomic E-state index is 13.3. The van der Waals surface area contributed by atoms with Gasteiger partial charge >= 0.3 is 5.97 Å². The molecule has 1 aromatic carbocycles. The van der Waals surface area contributed by atoms with E-state index in [1.54, 1.807) is 0 Å². The standard InChI is InChI=1S/C14H20FNO2/c1-5-14(6-2,13(17)18-4)16-12-8-10(3)7-11(15)9-12/h7-9,16H,5-6H2,1-4H3. The Morgan fingerprint density at radius 2 is 1.94 bits per heavy atom. The molecule has 100 valence electrons. The van der Waals surface area contributed by atoms with Crippen LogP contribution in [0, 0.1) is 12.7 Å². The van der Waals surface area contributed by atoms with Gasteiger partial charge < -0.3 is 10.1 Å². The average molecular weight is 253 g/mol. The summed E-state index contributed by atoms with van der Waals surface area (Å²) in [4.78, 5) is 11.9. The van der Waals surface area contributed by atoms with Crippen LogP contribution in [0.15, 0.2) is 18.2 Å². The zero-order valence-corrected chi connectivity index (χ0v) is 11.3. The Morgan fingerprint density at radius 3 is 2.39 bits per heavy atom. The van der Waals surface area contributed by atoms with Gasteiger partial charge in [0.15, 0.2) is 0 Å². The van der Waals surface area contributed by atoms with Gasteiger partial charge in [0.25, 0.3) is 0 Å². The number of nitrogens with one attached hydrogen (secondary N) is 1. The number of methoxy groups -OCH3 is 1. The van der Waals surface area contributed by atoms with Crippen LogP contribution in [0.4, 0.5) is 10.1 Å². The predicted octanol–water partition coefficient (Wildman–Crippen LogP) is 3.28. The first-order valence-corrected chi connectivity index (χ1v) is 6.11. The molecule has 0 heterocycles. The number of carbonyl (C=O) groups is 1. The quantitative estimate of drug-likeness (QED) is 0.818. The molecule has 0 radical (unpaired) electrons. The van der Waals surface area contributed by atoms with Crippen molar-refractivity contribution in [1.29, 1.82) is 0 Å². The van der Waals surface area contributed by atoms with E-state index in [0.29, 0.717) is 18.5 Å². The van der Waals surface area contributed by atoms with Crippen molar-refractivity contribution in [2.24, 2.45) is 0 Å². The largest absolute Gasteiger partial charge is 0.467 e. The first-order chi connectivity index (χ1) is 8.47. The molecule has 1 rings (SSSR count). The number of halogens is 1. The van der Waals surface area contributed by atoms with Gasteiger partial charge in [0.1, 0.15) is 11.4 Å². The molecule has 0 aliphatic rings. The van der Waals surface area contributed by atoms with Gasteiger partial charge in [0.05, 0.1) is 7.11 Å². The first-order valence-electron chi connectivity index (χ1n) is 6.11. The Labute approximate surface area is 107 Å². The summed E-state index contributed by atoms with van der Waals surface area (Å²) in [6.45, 7) is 5.62. The van der Waals surface area contributed by atoms with E-state index in [4.69, 9.17) is 4.74 Å². The van der Waals surface area contributed by atoms with Gasteiger partial charge in [0.2, 0.25) is 0 Å². The van der Waals surface area contributed by atoms with Gasteiger partial charge in [-0.05, 0) is 43.5 Å². The predicted molar refractivity (Wildman–Crippen MR) is 70.1 cm³/mol. The number of ether oxygens (including phenoxy) is 1. The lowest BCUT2D eigenvalue weighted by Crippen LogP contribution is -2.46. The summed E-state index contributed by atoms with van der Waals surface area (Å²) in [5, 5.41) is 3.11. The average Bonchev–Trinajstić information content (AvgIpc) is 2.34. The molecule has 3 nitrogen and oxygen atoms in total. The topological polar surface area (TPSA) is 38.3 Å². The van der Waals surface area contributed by atoms with Crippen molar-refractivity contribution in [3.8, 4) is 0 Å². The van der Waals surface area contributed by atoms with E-state index in [0.717, 1.165) is 5.56 Å². The van der Waals surface area contributed by atoms with Gasteiger partial charge in [-0.1, -0.05) is 13.8 Å². The van der Waals surface area contributed by atoms with E-state index in [1.807, 2.05) is 26.8 Å². The number of hydrogen-bond donors (Lipinski definition) is 1. The minimum atomic E-state index is -0.797. The van der Waals surface area contributed by atoms with E-state index >= 15 is 0 Å². The second kappa shape index (κ2) is 5.85. The maximum Gasteiger partial charge on any atom is 0.331 e. The van der Waals surface area contributed by atoms with E-state index in [9.17, 15) is 9.18 Å².